The third kappa shape index (κ3) is 2.45. The third-order valence-corrected chi connectivity index (χ3v) is 4.16. The second kappa shape index (κ2) is 5.45. The van der Waals surface area contributed by atoms with E-state index in [1.807, 2.05) is 66.9 Å². The summed E-state index contributed by atoms with van der Waals surface area (Å²) in [4.78, 5) is 15.5. The third-order valence-electron chi connectivity index (χ3n) is 3.90. The fourth-order valence-electron chi connectivity index (χ4n) is 2.85. The molecule has 3 aromatic rings. The van der Waals surface area contributed by atoms with Gasteiger partial charge in [0.2, 0.25) is 0 Å². The highest BCUT2D eigenvalue weighted by Crippen LogP contribution is 2.40. The van der Waals surface area contributed by atoms with E-state index in [9.17, 15) is 4.79 Å². The molecule has 0 fully saturated rings. The van der Waals surface area contributed by atoms with Crippen molar-refractivity contribution < 1.29 is 4.79 Å². The van der Waals surface area contributed by atoms with Crippen LogP contribution in [0, 0.1) is 0 Å². The molecule has 2 heterocycles. The van der Waals surface area contributed by atoms with Gasteiger partial charge in [0.25, 0.3) is 5.91 Å². The van der Waals surface area contributed by atoms with E-state index in [4.69, 9.17) is 11.6 Å². The number of halogens is 1. The lowest BCUT2D eigenvalue weighted by Gasteiger charge is -2.08. The Bertz CT molecular complexity index is 909. The molecule has 3 nitrogen and oxygen atoms in total. The molecule has 0 atom stereocenters. The van der Waals surface area contributed by atoms with Gasteiger partial charge in [0, 0.05) is 28.2 Å². The first kappa shape index (κ1) is 13.9. The van der Waals surface area contributed by atoms with Crippen molar-refractivity contribution in [3.8, 4) is 11.1 Å². The van der Waals surface area contributed by atoms with E-state index in [1.54, 1.807) is 0 Å². The molecule has 1 aliphatic heterocycles. The number of fused-ring (bicyclic) bond motifs is 1. The predicted molar refractivity (Wildman–Crippen MR) is 94.2 cm³/mol. The van der Waals surface area contributed by atoms with Crippen LogP contribution < -0.4 is 5.32 Å². The molecule has 0 unspecified atom stereocenters. The minimum Gasteiger partial charge on any atom is -0.362 e. The van der Waals surface area contributed by atoms with E-state index in [0.29, 0.717) is 10.6 Å². The number of aromatic amines is 1. The van der Waals surface area contributed by atoms with Crippen LogP contribution in [0.4, 0.5) is 5.69 Å². The maximum absolute atomic E-state index is 12.4. The molecular formula is C19H13ClN2O. The number of nitrogens with one attached hydrogen (secondary N) is 2. The second-order valence-electron chi connectivity index (χ2n) is 5.37. The smallest absolute Gasteiger partial charge is 0.256 e. The number of H-pyrrole nitrogens is 1. The molecule has 0 radical (unpaired) electrons. The fraction of sp³-hybridized carbons (Fsp3) is 0. The molecule has 0 spiro atoms. The normalized spacial score (nSPS) is 14.8. The summed E-state index contributed by atoms with van der Waals surface area (Å²) >= 11 is 5.98. The Morgan fingerprint density at radius 1 is 0.957 bits per heavy atom. The molecule has 1 aromatic heterocycles. The molecule has 0 saturated heterocycles. The van der Waals surface area contributed by atoms with Gasteiger partial charge >= 0.3 is 0 Å². The number of hydrogen-bond acceptors (Lipinski definition) is 1. The zero-order valence-corrected chi connectivity index (χ0v) is 12.9. The van der Waals surface area contributed by atoms with Gasteiger partial charge in [0.1, 0.15) is 0 Å². The molecule has 23 heavy (non-hydrogen) atoms. The van der Waals surface area contributed by atoms with E-state index in [1.165, 1.54) is 0 Å². The molecule has 2 N–H and O–H groups in total. The highest BCUT2D eigenvalue weighted by Gasteiger charge is 2.27. The Labute approximate surface area is 138 Å². The van der Waals surface area contributed by atoms with Gasteiger partial charge in [-0.1, -0.05) is 35.9 Å². The van der Waals surface area contributed by atoms with Gasteiger partial charge in [-0.25, -0.2) is 0 Å². The largest absolute Gasteiger partial charge is 0.362 e. The summed E-state index contributed by atoms with van der Waals surface area (Å²) in [6.07, 6.45) is 3.71. The number of benzene rings is 2. The lowest BCUT2D eigenvalue weighted by Crippen LogP contribution is -2.03. The Morgan fingerprint density at radius 3 is 2.52 bits per heavy atom. The van der Waals surface area contributed by atoms with Gasteiger partial charge in [-0.05, 0) is 47.5 Å². The van der Waals surface area contributed by atoms with Crippen molar-refractivity contribution in [2.75, 3.05) is 5.32 Å². The molecule has 1 amide bonds. The first-order valence-corrected chi connectivity index (χ1v) is 7.66. The first-order chi connectivity index (χ1) is 11.2. The van der Waals surface area contributed by atoms with Gasteiger partial charge in [0.05, 0.1) is 5.57 Å². The highest BCUT2D eigenvalue weighted by molar-refractivity contribution is 6.36. The van der Waals surface area contributed by atoms with Crippen molar-refractivity contribution in [2.24, 2.45) is 0 Å². The van der Waals surface area contributed by atoms with E-state index < -0.39 is 0 Å². The zero-order valence-electron chi connectivity index (χ0n) is 12.1. The van der Waals surface area contributed by atoms with Crippen LogP contribution in [0.5, 0.6) is 0 Å². The van der Waals surface area contributed by atoms with Gasteiger partial charge < -0.3 is 10.3 Å². The molecule has 1 aliphatic rings. The van der Waals surface area contributed by atoms with E-state index in [-0.39, 0.29) is 5.91 Å². The number of aromatic nitrogens is 1. The fourth-order valence-corrected chi connectivity index (χ4v) is 2.97. The van der Waals surface area contributed by atoms with Crippen LogP contribution in [0.25, 0.3) is 22.8 Å². The van der Waals surface area contributed by atoms with E-state index >= 15 is 0 Å². The van der Waals surface area contributed by atoms with Gasteiger partial charge in [-0.3, -0.25) is 4.79 Å². The van der Waals surface area contributed by atoms with E-state index in [2.05, 4.69) is 10.3 Å². The van der Waals surface area contributed by atoms with Crippen LogP contribution in [0.1, 0.15) is 11.3 Å². The zero-order chi connectivity index (χ0) is 15.8. The maximum Gasteiger partial charge on any atom is 0.256 e. The molecule has 0 bridgehead atoms. The van der Waals surface area contributed by atoms with Crippen LogP contribution in [0.3, 0.4) is 0 Å². The Hall–Kier alpha value is -2.78. The number of rotatable bonds is 2. The topological polar surface area (TPSA) is 44.9 Å². The van der Waals surface area contributed by atoms with Gasteiger partial charge in [-0.15, -0.1) is 0 Å². The molecule has 2 aromatic carbocycles. The number of carbonyl (C=O) groups is 1. The SMILES string of the molecule is O=C1Nc2cccc(-c3ccc(Cl)cc3)c2/C1=C/c1ccc[nH]1. The standard InChI is InChI=1S/C19H13ClN2O/c20-13-8-6-12(7-9-13)15-4-1-5-17-18(15)16(19(23)22-17)11-14-3-2-10-21-14/h1-11,21H,(H,22,23)/b16-11-. The van der Waals surface area contributed by atoms with Crippen LogP contribution >= 0.6 is 11.6 Å². The van der Waals surface area contributed by atoms with Crippen molar-refractivity contribution >= 4 is 34.8 Å². The molecule has 0 saturated carbocycles. The summed E-state index contributed by atoms with van der Waals surface area (Å²) in [7, 11) is 0. The molecule has 0 aliphatic carbocycles. The van der Waals surface area contributed by atoms with Crippen LogP contribution in [0.2, 0.25) is 5.02 Å². The monoisotopic (exact) mass is 320 g/mol. The number of hydrogen-bond donors (Lipinski definition) is 2. The second-order valence-corrected chi connectivity index (χ2v) is 5.81. The van der Waals surface area contributed by atoms with Crippen LogP contribution in [0.15, 0.2) is 60.8 Å². The number of anilines is 1. The first-order valence-electron chi connectivity index (χ1n) is 7.28. The Balaban J connectivity index is 1.91. The minimum atomic E-state index is -0.0870. The Morgan fingerprint density at radius 2 is 1.78 bits per heavy atom. The molecule has 112 valence electrons. The van der Waals surface area contributed by atoms with Crippen molar-refractivity contribution in [3.63, 3.8) is 0 Å². The average Bonchev–Trinajstić information content (AvgIpc) is 3.17. The van der Waals surface area contributed by atoms with Crippen LogP contribution in [-0.2, 0) is 4.79 Å². The highest BCUT2D eigenvalue weighted by atomic mass is 35.5. The molecular weight excluding hydrogens is 308 g/mol. The van der Waals surface area contributed by atoms with Gasteiger partial charge in [0.15, 0.2) is 0 Å². The quantitative estimate of drug-likeness (QED) is 0.653. The van der Waals surface area contributed by atoms with Crippen molar-refractivity contribution in [1.82, 2.24) is 4.98 Å². The average molecular weight is 321 g/mol. The number of amides is 1. The van der Waals surface area contributed by atoms with Crippen LogP contribution in [-0.4, -0.2) is 10.9 Å². The van der Waals surface area contributed by atoms with Crippen molar-refractivity contribution in [1.29, 1.82) is 0 Å². The summed E-state index contributed by atoms with van der Waals surface area (Å²) < 4.78 is 0. The lowest BCUT2D eigenvalue weighted by atomic mass is 9.94. The summed E-state index contributed by atoms with van der Waals surface area (Å²) in [5.41, 5.74) is 5.35. The molecule has 4 heteroatoms. The predicted octanol–water partition coefficient (Wildman–Crippen LogP) is 4.83. The van der Waals surface area contributed by atoms with Crippen molar-refractivity contribution in [2.45, 2.75) is 0 Å². The molecule has 4 rings (SSSR count). The number of carbonyl (C=O) groups excluding carboxylic acids is 1. The Kier molecular flexibility index (Phi) is 3.28. The minimum absolute atomic E-state index is 0.0870. The van der Waals surface area contributed by atoms with Crippen molar-refractivity contribution in [3.05, 3.63) is 77.1 Å². The van der Waals surface area contributed by atoms with E-state index in [0.717, 1.165) is 28.1 Å². The summed E-state index contributed by atoms with van der Waals surface area (Å²) in [5.74, 6) is -0.0870. The summed E-state index contributed by atoms with van der Waals surface area (Å²) in [6, 6.07) is 17.4. The lowest BCUT2D eigenvalue weighted by molar-refractivity contribution is -0.110. The maximum atomic E-state index is 12.4. The van der Waals surface area contributed by atoms with Gasteiger partial charge in [-0.2, -0.15) is 0 Å². The summed E-state index contributed by atoms with van der Waals surface area (Å²) in [6.45, 7) is 0. The summed E-state index contributed by atoms with van der Waals surface area (Å²) in [5, 5.41) is 3.63.